The topological polar surface area (TPSA) is 187 Å². The first-order valence-corrected chi connectivity index (χ1v) is 28.9. The molecule has 0 saturated carbocycles. The molecule has 0 fully saturated rings. The van der Waals surface area contributed by atoms with E-state index in [0.29, 0.717) is 85.7 Å². The molecular formula is C59H58F2N6O10S2. The van der Waals surface area contributed by atoms with E-state index < -0.39 is 20.0 Å². The van der Waals surface area contributed by atoms with E-state index in [4.69, 9.17) is 23.9 Å². The third kappa shape index (κ3) is 11.8. The number of amides is 2. The van der Waals surface area contributed by atoms with Crippen molar-refractivity contribution < 1.29 is 54.2 Å². The maximum absolute atomic E-state index is 13.5. The molecule has 2 aliphatic heterocycles. The smallest absolute Gasteiger partial charge is 0.258 e. The monoisotopic (exact) mass is 1110 g/mol. The normalized spacial score (nSPS) is 12.9. The fraction of sp³-hybridized carbons (Fsp3) is 0.254. The molecule has 8 aromatic rings. The van der Waals surface area contributed by atoms with Crippen LogP contribution in [0.1, 0.15) is 79.1 Å². The Kier molecular flexibility index (Phi) is 16.1. The Morgan fingerprint density at radius 1 is 0.582 bits per heavy atom. The number of fused-ring (bicyclic) bond motifs is 4. The maximum atomic E-state index is 13.5. The van der Waals surface area contributed by atoms with Crippen LogP contribution in [-0.4, -0.2) is 90.4 Å². The highest BCUT2D eigenvalue weighted by Crippen LogP contribution is 2.47. The van der Waals surface area contributed by atoms with Gasteiger partial charge in [0, 0.05) is 67.5 Å². The summed E-state index contributed by atoms with van der Waals surface area (Å²) in [5.74, 6) is 0.790. The lowest BCUT2D eigenvalue weighted by Crippen LogP contribution is -2.31. The molecule has 0 aliphatic carbocycles. The first-order chi connectivity index (χ1) is 37.8. The zero-order valence-electron chi connectivity index (χ0n) is 44.6. The number of pyridine rings is 2. The number of hydrogen-bond donors (Lipinski definition) is 1. The van der Waals surface area contributed by atoms with Gasteiger partial charge in [-0.05, 0) is 121 Å². The Morgan fingerprint density at radius 3 is 1.39 bits per heavy atom. The van der Waals surface area contributed by atoms with Crippen molar-refractivity contribution in [2.45, 2.75) is 53.0 Å². The molecule has 20 heteroatoms. The van der Waals surface area contributed by atoms with Gasteiger partial charge in [0.15, 0.2) is 11.5 Å². The van der Waals surface area contributed by atoms with Gasteiger partial charge in [0.2, 0.25) is 20.0 Å². The number of ether oxygens (including phenoxy) is 4. The molecule has 0 atom stereocenters. The number of anilines is 2. The summed E-state index contributed by atoms with van der Waals surface area (Å²) in [6.07, 6.45) is 6.57. The summed E-state index contributed by atoms with van der Waals surface area (Å²) in [4.78, 5) is 37.4. The van der Waals surface area contributed by atoms with Crippen molar-refractivity contribution >= 4 is 65.0 Å². The van der Waals surface area contributed by atoms with Crippen LogP contribution in [0.2, 0.25) is 0 Å². The van der Waals surface area contributed by atoms with E-state index in [1.165, 1.54) is 32.9 Å². The Hall–Kier alpha value is -8.36. The number of sulfonamides is 2. The number of aromatic nitrogens is 2. The van der Waals surface area contributed by atoms with Crippen molar-refractivity contribution in [3.63, 3.8) is 0 Å². The van der Waals surface area contributed by atoms with Crippen LogP contribution in [0.4, 0.5) is 20.2 Å². The molecule has 410 valence electrons. The molecule has 0 spiro atoms. The minimum atomic E-state index is -3.69. The van der Waals surface area contributed by atoms with Crippen molar-refractivity contribution in [3.8, 4) is 23.0 Å². The standard InChI is InChI=1S/C30H30FN3O5S.C29H28FN3O5S/c1-5-34(40(4,36)37)28-24-15-21(14-19-6-10-22(31)11-7-19)16-32-27(24)29(26-25(28)17-33(2)30(26)35)39-18-20-8-12-23(38-3)13-9-20;1-4-33(39(3,35)36)27-23-14-20(13-18-5-9-21(30)10-6-18)15-31-26(23)28(25-24(27)16-32-29(25)34)38-17-19-7-11-22(37-2)12-8-19/h6-13,15-16H,5,14,17-18H2,1-4H3;5-12,14-15H,4,13,16-17H2,1-3H3,(H,32,34). The summed E-state index contributed by atoms with van der Waals surface area (Å²) in [7, 11) is -2.50. The van der Waals surface area contributed by atoms with Gasteiger partial charge in [0.05, 0.1) is 49.2 Å². The van der Waals surface area contributed by atoms with E-state index in [-0.39, 0.29) is 68.4 Å². The van der Waals surface area contributed by atoms with Crippen molar-refractivity contribution in [2.75, 3.05) is 55.5 Å². The van der Waals surface area contributed by atoms with Gasteiger partial charge >= 0.3 is 0 Å². The summed E-state index contributed by atoms with van der Waals surface area (Å²) in [5, 5.41) is 3.95. The summed E-state index contributed by atoms with van der Waals surface area (Å²) in [5.41, 5.74) is 8.46. The molecular weight excluding hydrogens is 1050 g/mol. The largest absolute Gasteiger partial charge is 0.497 e. The van der Waals surface area contributed by atoms with Crippen LogP contribution >= 0.6 is 0 Å². The number of benzene rings is 6. The Bertz CT molecular complexity index is 3850. The summed E-state index contributed by atoms with van der Waals surface area (Å²) in [6.45, 7) is 4.57. The summed E-state index contributed by atoms with van der Waals surface area (Å²) < 4.78 is 104. The van der Waals surface area contributed by atoms with Crippen molar-refractivity contribution in [1.29, 1.82) is 0 Å². The maximum Gasteiger partial charge on any atom is 0.258 e. The first kappa shape index (κ1) is 55.4. The van der Waals surface area contributed by atoms with Crippen LogP contribution < -0.4 is 32.9 Å². The van der Waals surface area contributed by atoms with Crippen LogP contribution in [0.15, 0.2) is 122 Å². The van der Waals surface area contributed by atoms with Gasteiger partial charge in [-0.3, -0.25) is 28.2 Å². The molecule has 6 aromatic carbocycles. The lowest BCUT2D eigenvalue weighted by Gasteiger charge is -2.26. The number of hydrogen-bond acceptors (Lipinski definition) is 12. The molecule has 79 heavy (non-hydrogen) atoms. The number of methoxy groups -OCH3 is 2. The SMILES string of the molecule is CCN(c1c2c(c(OCc3ccc(OC)cc3)c3ncc(Cc4ccc(F)cc4)cc13)C(=O)N(C)C2)S(C)(=O)=O.CCN(c1c2c(c(OCc3ccc(OC)cc3)c3ncc(Cc4ccc(F)cc4)cc13)C(=O)NC2)S(C)(=O)=O. The zero-order chi connectivity index (χ0) is 56.3. The molecule has 0 bridgehead atoms. The average Bonchev–Trinajstić information content (AvgIpc) is 4.18. The van der Waals surface area contributed by atoms with Gasteiger partial charge in [0.1, 0.15) is 47.4 Å². The Morgan fingerprint density at radius 2 is 0.987 bits per heavy atom. The minimum Gasteiger partial charge on any atom is -0.497 e. The van der Waals surface area contributed by atoms with Crippen molar-refractivity contribution in [1.82, 2.24) is 20.2 Å². The van der Waals surface area contributed by atoms with Crippen molar-refractivity contribution in [2.24, 2.45) is 0 Å². The van der Waals surface area contributed by atoms with Crippen LogP contribution in [0.5, 0.6) is 23.0 Å². The van der Waals surface area contributed by atoms with Gasteiger partial charge in [-0.2, -0.15) is 0 Å². The predicted molar refractivity (Wildman–Crippen MR) is 299 cm³/mol. The zero-order valence-corrected chi connectivity index (χ0v) is 46.2. The molecule has 1 N–H and O–H groups in total. The predicted octanol–water partition coefficient (Wildman–Crippen LogP) is 9.51. The number of nitrogens with zero attached hydrogens (tertiary/aromatic N) is 5. The van der Waals surface area contributed by atoms with Crippen LogP contribution in [0.25, 0.3) is 21.8 Å². The van der Waals surface area contributed by atoms with Gasteiger partial charge in [0.25, 0.3) is 11.8 Å². The average molecular weight is 1110 g/mol. The van der Waals surface area contributed by atoms with Crippen LogP contribution in [0, 0.1) is 11.6 Å². The molecule has 2 aliphatic rings. The van der Waals surface area contributed by atoms with Crippen LogP contribution in [0.3, 0.4) is 0 Å². The highest BCUT2D eigenvalue weighted by Gasteiger charge is 2.38. The molecule has 4 heterocycles. The molecule has 16 nitrogen and oxygen atoms in total. The third-order valence-corrected chi connectivity index (χ3v) is 16.2. The molecule has 2 amide bonds. The fourth-order valence-corrected chi connectivity index (χ4v) is 12.0. The van der Waals surface area contributed by atoms with Gasteiger partial charge in [-0.1, -0.05) is 48.5 Å². The fourth-order valence-electron chi connectivity index (χ4n) is 9.95. The Balaban J connectivity index is 0.000000192. The second kappa shape index (κ2) is 22.9. The summed E-state index contributed by atoms with van der Waals surface area (Å²) >= 11 is 0. The van der Waals surface area contributed by atoms with Crippen LogP contribution in [-0.2, 0) is 59.2 Å². The number of rotatable bonds is 18. The third-order valence-electron chi connectivity index (χ3n) is 13.7. The van der Waals surface area contributed by atoms with E-state index in [0.717, 1.165) is 45.9 Å². The molecule has 0 unspecified atom stereocenters. The molecule has 0 radical (unpaired) electrons. The molecule has 10 rings (SSSR count). The molecule has 0 saturated heterocycles. The lowest BCUT2D eigenvalue weighted by molar-refractivity contribution is 0.0812. The van der Waals surface area contributed by atoms with Gasteiger partial charge < -0.3 is 29.2 Å². The highest BCUT2D eigenvalue weighted by atomic mass is 32.2. The number of nitrogens with one attached hydrogen (secondary N) is 1. The van der Waals surface area contributed by atoms with E-state index in [1.807, 2.05) is 60.7 Å². The van der Waals surface area contributed by atoms with Gasteiger partial charge in [-0.15, -0.1) is 0 Å². The van der Waals surface area contributed by atoms with E-state index in [9.17, 15) is 35.2 Å². The number of carbonyl (C=O) groups is 2. The quantitative estimate of drug-likeness (QED) is 0.0859. The van der Waals surface area contributed by atoms with E-state index >= 15 is 0 Å². The van der Waals surface area contributed by atoms with E-state index in [1.54, 1.807) is 76.7 Å². The second-order valence-corrected chi connectivity index (χ2v) is 22.9. The number of carbonyl (C=O) groups excluding carboxylic acids is 2. The first-order valence-electron chi connectivity index (χ1n) is 25.2. The van der Waals surface area contributed by atoms with Gasteiger partial charge in [-0.25, -0.2) is 25.6 Å². The highest BCUT2D eigenvalue weighted by molar-refractivity contribution is 7.92. The Labute approximate surface area is 457 Å². The number of halogens is 2. The molecule has 2 aromatic heterocycles. The summed E-state index contributed by atoms with van der Waals surface area (Å²) in [6, 6.07) is 30.9. The minimum absolute atomic E-state index is 0.159. The second-order valence-electron chi connectivity index (χ2n) is 19.1. The van der Waals surface area contributed by atoms with E-state index in [2.05, 4.69) is 10.3 Å². The lowest BCUT2D eigenvalue weighted by atomic mass is 9.98. The van der Waals surface area contributed by atoms with Crippen molar-refractivity contribution in [3.05, 3.63) is 189 Å².